The van der Waals surface area contributed by atoms with E-state index in [-0.39, 0.29) is 10.5 Å². The highest BCUT2D eigenvalue weighted by molar-refractivity contribution is 7.18. The summed E-state index contributed by atoms with van der Waals surface area (Å²) in [7, 11) is 0. The van der Waals surface area contributed by atoms with Crippen LogP contribution in [0.25, 0.3) is 0 Å². The van der Waals surface area contributed by atoms with Crippen LogP contribution < -0.4 is 5.32 Å². The van der Waals surface area contributed by atoms with Crippen LogP contribution in [0.5, 0.6) is 0 Å². The Bertz CT molecular complexity index is 347. The number of hydrogen-bond donors (Lipinski definition) is 1. The van der Waals surface area contributed by atoms with Crippen molar-refractivity contribution in [2.75, 3.05) is 5.32 Å². The molecular formula is C9H15N3O2S. The SMILES string of the molecule is CCC(C)(CC)Nc1ncc([N+](=O)[O-])s1. The fourth-order valence-electron chi connectivity index (χ4n) is 1.09. The first-order valence-corrected chi connectivity index (χ1v) is 5.71. The molecule has 0 amide bonds. The molecule has 5 nitrogen and oxygen atoms in total. The number of hydrogen-bond acceptors (Lipinski definition) is 5. The van der Waals surface area contributed by atoms with Crippen molar-refractivity contribution in [1.82, 2.24) is 4.98 Å². The molecule has 0 aliphatic carbocycles. The second-order valence-corrected chi connectivity index (χ2v) is 4.66. The van der Waals surface area contributed by atoms with Crippen molar-refractivity contribution in [2.24, 2.45) is 0 Å². The molecule has 0 atom stereocenters. The molecule has 0 unspecified atom stereocenters. The van der Waals surface area contributed by atoms with Gasteiger partial charge in [-0.3, -0.25) is 10.1 Å². The smallest absolute Gasteiger partial charge is 0.345 e. The maximum atomic E-state index is 10.5. The monoisotopic (exact) mass is 229 g/mol. The number of thiazole rings is 1. The minimum atomic E-state index is -0.419. The van der Waals surface area contributed by atoms with Crippen LogP contribution in [0.3, 0.4) is 0 Å². The van der Waals surface area contributed by atoms with Gasteiger partial charge in [-0.05, 0) is 31.1 Å². The van der Waals surface area contributed by atoms with Gasteiger partial charge in [0.25, 0.3) is 0 Å². The third-order valence-electron chi connectivity index (χ3n) is 2.64. The van der Waals surface area contributed by atoms with Crippen LogP contribution >= 0.6 is 11.3 Å². The summed E-state index contributed by atoms with van der Waals surface area (Å²) in [6.07, 6.45) is 3.20. The van der Waals surface area contributed by atoms with Gasteiger partial charge in [0, 0.05) is 5.54 Å². The van der Waals surface area contributed by atoms with Crippen molar-refractivity contribution >= 4 is 21.5 Å². The number of nitrogens with one attached hydrogen (secondary N) is 1. The summed E-state index contributed by atoms with van der Waals surface area (Å²) < 4.78 is 0. The molecule has 0 aliphatic heterocycles. The Labute approximate surface area is 92.7 Å². The normalized spacial score (nSPS) is 11.4. The molecule has 1 N–H and O–H groups in total. The lowest BCUT2D eigenvalue weighted by molar-refractivity contribution is -0.380. The summed E-state index contributed by atoms with van der Waals surface area (Å²) >= 11 is 1.08. The molecule has 1 rings (SSSR count). The van der Waals surface area contributed by atoms with Crippen LogP contribution in [-0.4, -0.2) is 15.4 Å². The van der Waals surface area contributed by atoms with Crippen LogP contribution in [0.2, 0.25) is 0 Å². The third-order valence-corrected chi connectivity index (χ3v) is 3.51. The maximum absolute atomic E-state index is 10.5. The number of aromatic nitrogens is 1. The van der Waals surface area contributed by atoms with E-state index in [9.17, 15) is 10.1 Å². The van der Waals surface area contributed by atoms with Crippen molar-refractivity contribution in [2.45, 2.75) is 39.2 Å². The zero-order valence-corrected chi connectivity index (χ0v) is 9.93. The van der Waals surface area contributed by atoms with Crippen LogP contribution in [0.1, 0.15) is 33.6 Å². The number of anilines is 1. The second-order valence-electron chi connectivity index (χ2n) is 3.65. The molecular weight excluding hydrogens is 214 g/mol. The lowest BCUT2D eigenvalue weighted by Crippen LogP contribution is -2.32. The van der Waals surface area contributed by atoms with E-state index in [1.165, 1.54) is 6.20 Å². The molecule has 0 aromatic carbocycles. The largest absolute Gasteiger partial charge is 0.356 e. The van der Waals surface area contributed by atoms with Crippen LogP contribution in [0.4, 0.5) is 10.1 Å². The van der Waals surface area contributed by atoms with E-state index in [0.717, 1.165) is 24.2 Å². The second kappa shape index (κ2) is 4.57. The first kappa shape index (κ1) is 11.9. The van der Waals surface area contributed by atoms with E-state index < -0.39 is 4.92 Å². The van der Waals surface area contributed by atoms with Gasteiger partial charge in [0.05, 0.1) is 4.92 Å². The zero-order chi connectivity index (χ0) is 11.5. The van der Waals surface area contributed by atoms with Crippen molar-refractivity contribution in [1.29, 1.82) is 0 Å². The first-order valence-electron chi connectivity index (χ1n) is 4.89. The molecule has 0 aliphatic rings. The van der Waals surface area contributed by atoms with Crippen molar-refractivity contribution in [3.8, 4) is 0 Å². The zero-order valence-electron chi connectivity index (χ0n) is 9.11. The number of rotatable bonds is 5. The summed E-state index contributed by atoms with van der Waals surface area (Å²) in [4.78, 5) is 14.0. The summed E-state index contributed by atoms with van der Waals surface area (Å²) in [5.41, 5.74) is -0.0360. The van der Waals surface area contributed by atoms with Gasteiger partial charge in [0.15, 0.2) is 5.13 Å². The Kier molecular flexibility index (Phi) is 3.62. The molecule has 0 bridgehead atoms. The molecule has 0 saturated heterocycles. The molecule has 84 valence electrons. The van der Waals surface area contributed by atoms with Crippen LogP contribution in [0, 0.1) is 10.1 Å². The molecule has 0 spiro atoms. The predicted octanol–water partition coefficient (Wildman–Crippen LogP) is 3.04. The Morgan fingerprint density at radius 1 is 1.60 bits per heavy atom. The highest BCUT2D eigenvalue weighted by atomic mass is 32.1. The van der Waals surface area contributed by atoms with Crippen molar-refractivity contribution < 1.29 is 4.92 Å². The Balaban J connectivity index is 2.76. The lowest BCUT2D eigenvalue weighted by Gasteiger charge is -2.27. The van der Waals surface area contributed by atoms with Gasteiger partial charge in [0.1, 0.15) is 6.20 Å². The van der Waals surface area contributed by atoms with E-state index in [2.05, 4.69) is 31.1 Å². The van der Waals surface area contributed by atoms with Crippen LogP contribution in [-0.2, 0) is 0 Å². The van der Waals surface area contributed by atoms with Crippen LogP contribution in [0.15, 0.2) is 6.20 Å². The summed E-state index contributed by atoms with van der Waals surface area (Å²) in [5.74, 6) is 0. The van der Waals surface area contributed by atoms with Gasteiger partial charge in [-0.15, -0.1) is 0 Å². The lowest BCUT2D eigenvalue weighted by atomic mass is 9.96. The quantitative estimate of drug-likeness (QED) is 0.622. The minimum absolute atomic E-state index is 0.0360. The Hall–Kier alpha value is -1.17. The van der Waals surface area contributed by atoms with E-state index >= 15 is 0 Å². The standard InChI is InChI=1S/C9H15N3O2S/c1-4-9(3,5-2)11-8-10-6-7(15-8)12(13)14/h6H,4-5H2,1-3H3,(H,10,11). The summed E-state index contributed by atoms with van der Waals surface area (Å²) in [6.45, 7) is 6.25. The molecule has 1 aromatic rings. The van der Waals surface area contributed by atoms with Gasteiger partial charge >= 0.3 is 5.00 Å². The average Bonchev–Trinajstić information content (AvgIpc) is 2.66. The molecule has 6 heteroatoms. The molecule has 0 saturated carbocycles. The highest BCUT2D eigenvalue weighted by Gasteiger charge is 2.21. The molecule has 0 radical (unpaired) electrons. The van der Waals surface area contributed by atoms with Gasteiger partial charge in [-0.1, -0.05) is 13.8 Å². The summed E-state index contributed by atoms with van der Waals surface area (Å²) in [6, 6.07) is 0. The van der Waals surface area contributed by atoms with Crippen molar-refractivity contribution in [3.63, 3.8) is 0 Å². The first-order chi connectivity index (χ1) is 7.00. The molecule has 15 heavy (non-hydrogen) atoms. The number of nitrogens with zero attached hydrogens (tertiary/aromatic N) is 2. The fourth-order valence-corrected chi connectivity index (χ4v) is 1.87. The number of nitro groups is 1. The third kappa shape index (κ3) is 2.89. The maximum Gasteiger partial charge on any atom is 0.345 e. The van der Waals surface area contributed by atoms with E-state index in [1.807, 2.05) is 0 Å². The summed E-state index contributed by atoms with van der Waals surface area (Å²) in [5, 5.41) is 14.4. The average molecular weight is 229 g/mol. The molecule has 1 heterocycles. The fraction of sp³-hybridized carbons (Fsp3) is 0.667. The van der Waals surface area contributed by atoms with E-state index in [4.69, 9.17) is 0 Å². The van der Waals surface area contributed by atoms with E-state index in [0.29, 0.717) is 5.13 Å². The topological polar surface area (TPSA) is 68.1 Å². The predicted molar refractivity (Wildman–Crippen MR) is 61.4 cm³/mol. The molecule has 1 aromatic heterocycles. The molecule has 0 fully saturated rings. The van der Waals surface area contributed by atoms with Crippen molar-refractivity contribution in [3.05, 3.63) is 16.3 Å². The van der Waals surface area contributed by atoms with E-state index in [1.54, 1.807) is 0 Å². The highest BCUT2D eigenvalue weighted by Crippen LogP contribution is 2.29. The minimum Gasteiger partial charge on any atom is -0.356 e. The van der Waals surface area contributed by atoms with Gasteiger partial charge < -0.3 is 5.32 Å². The Morgan fingerprint density at radius 2 is 2.20 bits per heavy atom. The van der Waals surface area contributed by atoms with Gasteiger partial charge in [-0.25, -0.2) is 4.98 Å². The van der Waals surface area contributed by atoms with Gasteiger partial charge in [-0.2, -0.15) is 0 Å². The van der Waals surface area contributed by atoms with Gasteiger partial charge in [0.2, 0.25) is 0 Å². The Morgan fingerprint density at radius 3 is 2.60 bits per heavy atom.